The second kappa shape index (κ2) is 11.1. The topological polar surface area (TPSA) is 102 Å². The number of carbonyl (C=O) groups is 2. The maximum absolute atomic E-state index is 13.9. The molecule has 1 aromatic heterocycles. The molecule has 0 radical (unpaired) electrons. The predicted molar refractivity (Wildman–Crippen MR) is 138 cm³/mol. The van der Waals surface area contributed by atoms with Gasteiger partial charge in [0.15, 0.2) is 0 Å². The zero-order valence-corrected chi connectivity index (χ0v) is 21.1. The number of nitrogens with zero attached hydrogens (tertiary/aromatic N) is 3. The molecule has 3 N–H and O–H groups in total. The van der Waals surface area contributed by atoms with Crippen LogP contribution < -0.4 is 5.32 Å². The van der Waals surface area contributed by atoms with Gasteiger partial charge in [0.2, 0.25) is 5.91 Å². The summed E-state index contributed by atoms with van der Waals surface area (Å²) in [5.41, 5.74) is 1.39. The minimum atomic E-state index is -0.873. The Balaban J connectivity index is 1.57. The fourth-order valence-corrected chi connectivity index (χ4v) is 5.29. The van der Waals surface area contributed by atoms with E-state index in [1.165, 1.54) is 12.5 Å². The molecule has 1 aliphatic rings. The minimum Gasteiger partial charge on any atom is -0.390 e. The fraction of sp³-hybridized carbons (Fsp3) is 0.393. The Bertz CT molecular complexity index is 1100. The summed E-state index contributed by atoms with van der Waals surface area (Å²) in [5.74, 6) is -0.254. The molecular formula is C28H35N5O3. The molecule has 190 valence electrons. The molecule has 8 nitrogen and oxygen atoms in total. The van der Waals surface area contributed by atoms with Gasteiger partial charge in [-0.3, -0.25) is 14.5 Å². The highest BCUT2D eigenvalue weighted by atomic mass is 16.3. The van der Waals surface area contributed by atoms with E-state index in [-0.39, 0.29) is 23.9 Å². The maximum atomic E-state index is 13.9. The van der Waals surface area contributed by atoms with E-state index >= 15 is 0 Å². The lowest BCUT2D eigenvalue weighted by Gasteiger charge is -2.44. The predicted octanol–water partition coefficient (Wildman–Crippen LogP) is 2.43. The van der Waals surface area contributed by atoms with Crippen LogP contribution in [-0.4, -0.2) is 82.1 Å². The third-order valence-corrected chi connectivity index (χ3v) is 7.20. The van der Waals surface area contributed by atoms with Gasteiger partial charge < -0.3 is 20.3 Å². The van der Waals surface area contributed by atoms with Crippen molar-refractivity contribution in [3.8, 4) is 0 Å². The molecule has 2 amide bonds. The molecule has 0 saturated carbocycles. The highest BCUT2D eigenvalue weighted by molar-refractivity contribution is 5.92. The Morgan fingerprint density at radius 1 is 1.14 bits per heavy atom. The summed E-state index contributed by atoms with van der Waals surface area (Å²) in [6, 6.07) is 19.5. The second-order valence-electron chi connectivity index (χ2n) is 9.79. The zero-order valence-electron chi connectivity index (χ0n) is 21.1. The molecule has 8 heteroatoms. The van der Waals surface area contributed by atoms with E-state index in [9.17, 15) is 14.7 Å². The summed E-state index contributed by atoms with van der Waals surface area (Å²) in [4.78, 5) is 36.9. The van der Waals surface area contributed by atoms with Crippen LogP contribution in [0.5, 0.6) is 0 Å². The number of piperidine rings is 1. The van der Waals surface area contributed by atoms with Crippen molar-refractivity contribution in [1.29, 1.82) is 0 Å². The van der Waals surface area contributed by atoms with Crippen LogP contribution in [0.4, 0.5) is 0 Å². The lowest BCUT2D eigenvalue weighted by molar-refractivity contribution is -0.134. The van der Waals surface area contributed by atoms with E-state index in [4.69, 9.17) is 0 Å². The van der Waals surface area contributed by atoms with Crippen LogP contribution in [0.2, 0.25) is 0 Å². The van der Waals surface area contributed by atoms with Crippen LogP contribution in [0.1, 0.15) is 41.4 Å². The van der Waals surface area contributed by atoms with Gasteiger partial charge in [-0.1, -0.05) is 60.7 Å². The first kappa shape index (κ1) is 25.6. The number of β-amino-alcohol motifs (C(OH)–C–C–N with tert-alkyl or cyclic N) is 1. The third-order valence-electron chi connectivity index (χ3n) is 7.20. The standard InChI is InChI=1S/C28H35N5O3/c1-20(33-15-14-23(25(34)18-33)31-26(35)24-17-29-19-30-24)16-28(27(36)32(2)3,21-10-6-4-7-11-21)22-12-8-5-9-13-22/h4-13,17,19-20,23,25,34H,14-16,18H2,1-3H3,(H,29,30)(H,31,35)/t20?,23-,25-/m1/s1. The molecule has 2 heterocycles. The number of aromatic amines is 1. The van der Waals surface area contributed by atoms with Gasteiger partial charge in [-0.2, -0.15) is 0 Å². The highest BCUT2D eigenvalue weighted by Gasteiger charge is 2.45. The van der Waals surface area contributed by atoms with Gasteiger partial charge in [-0.15, -0.1) is 0 Å². The molecule has 2 aromatic carbocycles. The smallest absolute Gasteiger partial charge is 0.269 e. The second-order valence-corrected chi connectivity index (χ2v) is 9.79. The Morgan fingerprint density at radius 3 is 2.25 bits per heavy atom. The molecular weight excluding hydrogens is 454 g/mol. The van der Waals surface area contributed by atoms with Crippen LogP contribution in [0.3, 0.4) is 0 Å². The van der Waals surface area contributed by atoms with E-state index in [2.05, 4.69) is 27.1 Å². The number of aromatic nitrogens is 2. The van der Waals surface area contributed by atoms with Crippen molar-refractivity contribution < 1.29 is 14.7 Å². The first-order valence-corrected chi connectivity index (χ1v) is 12.4. The molecule has 1 fully saturated rings. The number of nitrogens with one attached hydrogen (secondary N) is 2. The highest BCUT2D eigenvalue weighted by Crippen LogP contribution is 2.39. The number of amides is 2. The van der Waals surface area contributed by atoms with Gasteiger partial charge in [-0.05, 0) is 30.9 Å². The number of hydrogen-bond acceptors (Lipinski definition) is 5. The maximum Gasteiger partial charge on any atom is 0.269 e. The van der Waals surface area contributed by atoms with Crippen molar-refractivity contribution in [2.45, 2.75) is 43.4 Å². The molecule has 4 rings (SSSR count). The van der Waals surface area contributed by atoms with Crippen molar-refractivity contribution in [3.63, 3.8) is 0 Å². The molecule has 0 spiro atoms. The van der Waals surface area contributed by atoms with Crippen LogP contribution in [0.15, 0.2) is 73.2 Å². The van der Waals surface area contributed by atoms with Gasteiger partial charge in [-0.25, -0.2) is 4.98 Å². The van der Waals surface area contributed by atoms with Gasteiger partial charge in [0.25, 0.3) is 5.91 Å². The van der Waals surface area contributed by atoms with E-state index in [0.29, 0.717) is 31.6 Å². The monoisotopic (exact) mass is 489 g/mol. The summed E-state index contributed by atoms with van der Waals surface area (Å²) < 4.78 is 0. The van der Waals surface area contributed by atoms with Crippen LogP contribution in [0.25, 0.3) is 0 Å². The largest absolute Gasteiger partial charge is 0.390 e. The minimum absolute atomic E-state index is 0.00628. The van der Waals surface area contributed by atoms with Gasteiger partial charge >= 0.3 is 0 Å². The van der Waals surface area contributed by atoms with Crippen molar-refractivity contribution in [2.75, 3.05) is 27.2 Å². The first-order chi connectivity index (χ1) is 17.3. The van der Waals surface area contributed by atoms with Gasteiger partial charge in [0.05, 0.1) is 24.7 Å². The van der Waals surface area contributed by atoms with Crippen molar-refractivity contribution >= 4 is 11.8 Å². The number of carbonyl (C=O) groups excluding carboxylic acids is 2. The number of imidazole rings is 1. The van der Waals surface area contributed by atoms with Gasteiger partial charge in [0.1, 0.15) is 11.1 Å². The summed E-state index contributed by atoms with van der Waals surface area (Å²) in [7, 11) is 3.59. The van der Waals surface area contributed by atoms with Gasteiger partial charge in [0, 0.05) is 33.2 Å². The molecule has 1 aliphatic heterocycles. The number of benzene rings is 2. The lowest BCUT2D eigenvalue weighted by atomic mass is 9.69. The van der Waals surface area contributed by atoms with E-state index < -0.39 is 11.5 Å². The fourth-order valence-electron chi connectivity index (χ4n) is 5.29. The number of aliphatic hydroxyl groups is 1. The number of H-pyrrole nitrogens is 1. The van der Waals surface area contributed by atoms with Crippen LogP contribution in [-0.2, 0) is 10.2 Å². The Labute approximate surface area is 212 Å². The van der Waals surface area contributed by atoms with Crippen molar-refractivity contribution in [3.05, 3.63) is 90.0 Å². The zero-order chi connectivity index (χ0) is 25.7. The summed E-state index contributed by atoms with van der Waals surface area (Å²) >= 11 is 0. The average Bonchev–Trinajstić information content (AvgIpc) is 3.44. The quantitative estimate of drug-likeness (QED) is 0.451. The molecule has 36 heavy (non-hydrogen) atoms. The van der Waals surface area contributed by atoms with E-state index in [1.807, 2.05) is 60.7 Å². The Morgan fingerprint density at radius 2 is 1.75 bits per heavy atom. The average molecular weight is 490 g/mol. The number of rotatable bonds is 8. The number of likely N-dealkylation sites (N-methyl/N-ethyl adjacent to an activating group) is 1. The molecule has 1 saturated heterocycles. The number of aliphatic hydroxyl groups excluding tert-OH is 1. The van der Waals surface area contributed by atoms with Crippen LogP contribution >= 0.6 is 0 Å². The SMILES string of the molecule is CC(CC(C(=O)N(C)C)(c1ccccc1)c1ccccc1)N1CC[C@@H](NC(=O)c2cnc[nH]2)[C@H](O)C1. The van der Waals surface area contributed by atoms with E-state index in [0.717, 1.165) is 11.1 Å². The molecule has 0 bridgehead atoms. The third kappa shape index (κ3) is 5.20. The summed E-state index contributed by atoms with van der Waals surface area (Å²) in [6.07, 6.45) is 3.36. The lowest BCUT2D eigenvalue weighted by Crippen LogP contribution is -2.57. The first-order valence-electron chi connectivity index (χ1n) is 12.4. The molecule has 3 aromatic rings. The summed E-state index contributed by atoms with van der Waals surface area (Å²) in [5, 5.41) is 13.8. The molecule has 3 atom stereocenters. The number of hydrogen-bond donors (Lipinski definition) is 3. The Kier molecular flexibility index (Phi) is 7.86. The van der Waals surface area contributed by atoms with Crippen LogP contribution in [0, 0.1) is 0 Å². The molecule has 1 unspecified atom stereocenters. The summed E-state index contributed by atoms with van der Waals surface area (Å²) in [6.45, 7) is 3.21. The Hall–Kier alpha value is -3.49. The van der Waals surface area contributed by atoms with Crippen molar-refractivity contribution in [2.24, 2.45) is 0 Å². The number of likely N-dealkylation sites (tertiary alicyclic amines) is 1. The molecule has 0 aliphatic carbocycles. The normalized spacial score (nSPS) is 19.4. The van der Waals surface area contributed by atoms with Crippen molar-refractivity contribution in [1.82, 2.24) is 25.1 Å². The van der Waals surface area contributed by atoms with E-state index in [1.54, 1.807) is 19.0 Å².